The number of nitrogens with zero attached hydrogens (tertiary/aromatic N) is 4. The van der Waals surface area contributed by atoms with E-state index in [9.17, 15) is 8.42 Å². The first-order valence-corrected chi connectivity index (χ1v) is 11.7. The minimum Gasteiger partial charge on any atom is -0.497 e. The van der Waals surface area contributed by atoms with Gasteiger partial charge in [-0.25, -0.2) is 13.1 Å². The number of rotatable bonds is 10. The van der Waals surface area contributed by atoms with Gasteiger partial charge in [0, 0.05) is 18.7 Å². The van der Waals surface area contributed by atoms with E-state index in [1.807, 2.05) is 24.3 Å². The number of aromatic nitrogens is 4. The highest BCUT2D eigenvalue weighted by Gasteiger charge is 2.20. The lowest BCUT2D eigenvalue weighted by Crippen LogP contribution is -2.28. The molecular formula is C22H23N5O6S. The minimum absolute atomic E-state index is 0.00393. The van der Waals surface area contributed by atoms with Crippen LogP contribution >= 0.6 is 0 Å². The van der Waals surface area contributed by atoms with E-state index in [2.05, 4.69) is 20.0 Å². The molecule has 0 aliphatic carbocycles. The second kappa shape index (κ2) is 9.93. The van der Waals surface area contributed by atoms with Crippen LogP contribution in [0.1, 0.15) is 0 Å². The molecule has 34 heavy (non-hydrogen) atoms. The Bertz CT molecular complexity index is 1410. The van der Waals surface area contributed by atoms with Crippen LogP contribution in [0.2, 0.25) is 0 Å². The Labute approximate surface area is 196 Å². The van der Waals surface area contributed by atoms with Crippen molar-refractivity contribution in [2.75, 3.05) is 34.5 Å². The zero-order valence-electron chi connectivity index (χ0n) is 18.8. The molecule has 0 spiro atoms. The average Bonchev–Trinajstić information content (AvgIpc) is 3.29. The molecule has 12 heteroatoms. The molecule has 4 rings (SSSR count). The van der Waals surface area contributed by atoms with E-state index in [0.29, 0.717) is 23.0 Å². The van der Waals surface area contributed by atoms with Gasteiger partial charge in [0.2, 0.25) is 15.9 Å². The molecule has 0 unspecified atom stereocenters. The van der Waals surface area contributed by atoms with Gasteiger partial charge < -0.3 is 18.9 Å². The molecule has 2 aromatic carbocycles. The number of ether oxygens (including phenoxy) is 4. The number of sulfonamides is 1. The number of nitrogens with one attached hydrogen (secondary N) is 1. The number of hydrogen-bond acceptors (Lipinski definition) is 9. The quantitative estimate of drug-likeness (QED) is 0.336. The van der Waals surface area contributed by atoms with Crippen LogP contribution in [0.3, 0.4) is 0 Å². The van der Waals surface area contributed by atoms with Gasteiger partial charge >= 0.3 is 0 Å². The molecule has 0 aliphatic heterocycles. The summed E-state index contributed by atoms with van der Waals surface area (Å²) in [5, 5.41) is 12.8. The van der Waals surface area contributed by atoms with Crippen LogP contribution in [0.25, 0.3) is 17.0 Å². The van der Waals surface area contributed by atoms with Crippen molar-refractivity contribution in [3.05, 3.63) is 54.6 Å². The number of methoxy groups -OCH3 is 3. The van der Waals surface area contributed by atoms with Crippen LogP contribution in [0.15, 0.2) is 59.5 Å². The second-order valence-corrected chi connectivity index (χ2v) is 8.66. The summed E-state index contributed by atoms with van der Waals surface area (Å²) in [6.07, 6.45) is 0. The molecule has 0 aliphatic rings. The van der Waals surface area contributed by atoms with Gasteiger partial charge in [-0.2, -0.15) is 4.52 Å². The lowest BCUT2D eigenvalue weighted by atomic mass is 10.2. The fraction of sp³-hybridized carbons (Fsp3) is 0.227. The van der Waals surface area contributed by atoms with Crippen LogP contribution in [-0.2, 0) is 10.0 Å². The SMILES string of the molecule is COc1ccc(OC)c(S(=O)(=O)NCCOc2ccc3nnc(-c4ccccc4OC)n3n2)c1. The van der Waals surface area contributed by atoms with Gasteiger partial charge in [-0.3, -0.25) is 0 Å². The molecule has 0 amide bonds. The summed E-state index contributed by atoms with van der Waals surface area (Å²) >= 11 is 0. The molecule has 1 N–H and O–H groups in total. The van der Waals surface area contributed by atoms with E-state index < -0.39 is 10.0 Å². The largest absolute Gasteiger partial charge is 0.497 e. The summed E-state index contributed by atoms with van der Waals surface area (Å²) < 4.78 is 50.9. The van der Waals surface area contributed by atoms with Crippen LogP contribution in [0, 0.1) is 0 Å². The fourth-order valence-corrected chi connectivity index (χ4v) is 4.44. The van der Waals surface area contributed by atoms with Crippen LogP contribution in [-0.4, -0.2) is 62.7 Å². The number of para-hydroxylation sites is 1. The monoisotopic (exact) mass is 485 g/mol. The third-order valence-electron chi connectivity index (χ3n) is 4.89. The van der Waals surface area contributed by atoms with Gasteiger partial charge in [-0.05, 0) is 30.3 Å². The number of hydrogen-bond donors (Lipinski definition) is 1. The molecule has 178 valence electrons. The summed E-state index contributed by atoms with van der Waals surface area (Å²) in [4.78, 5) is -0.0279. The smallest absolute Gasteiger partial charge is 0.244 e. The highest BCUT2D eigenvalue weighted by molar-refractivity contribution is 7.89. The lowest BCUT2D eigenvalue weighted by molar-refractivity contribution is 0.305. The molecule has 11 nitrogen and oxygen atoms in total. The molecule has 0 saturated heterocycles. The Hall–Kier alpha value is -3.90. The van der Waals surface area contributed by atoms with Crippen molar-refractivity contribution < 1.29 is 27.4 Å². The second-order valence-electron chi connectivity index (χ2n) is 6.93. The van der Waals surface area contributed by atoms with Crippen molar-refractivity contribution >= 4 is 15.7 Å². The molecule has 0 fully saturated rings. The molecular weight excluding hydrogens is 462 g/mol. The summed E-state index contributed by atoms with van der Waals surface area (Å²) in [6.45, 7) is 0.0418. The van der Waals surface area contributed by atoms with Gasteiger partial charge in [0.1, 0.15) is 28.8 Å². The normalized spacial score (nSPS) is 11.4. The first-order valence-electron chi connectivity index (χ1n) is 10.2. The van der Waals surface area contributed by atoms with Crippen molar-refractivity contribution in [3.63, 3.8) is 0 Å². The van der Waals surface area contributed by atoms with Gasteiger partial charge in [-0.15, -0.1) is 15.3 Å². The fourth-order valence-electron chi connectivity index (χ4n) is 3.25. The standard InChI is InChI=1S/C22H23N5O6S/c1-30-15-8-9-18(32-3)19(14-15)34(28,29)23-12-13-33-21-11-10-20-24-25-22(27(20)26-21)16-6-4-5-7-17(16)31-2/h4-11,14,23H,12-13H2,1-3H3. The van der Waals surface area contributed by atoms with E-state index in [0.717, 1.165) is 5.56 Å². The third-order valence-corrected chi connectivity index (χ3v) is 6.37. The number of benzene rings is 2. The Kier molecular flexibility index (Phi) is 6.80. The predicted molar refractivity (Wildman–Crippen MR) is 123 cm³/mol. The van der Waals surface area contributed by atoms with Crippen LogP contribution in [0.5, 0.6) is 23.1 Å². The molecule has 0 atom stereocenters. The molecule has 4 aromatic rings. The van der Waals surface area contributed by atoms with E-state index in [4.69, 9.17) is 18.9 Å². The summed E-state index contributed by atoms with van der Waals surface area (Å²) in [5.74, 6) is 2.00. The zero-order chi connectivity index (χ0) is 24.1. The summed E-state index contributed by atoms with van der Waals surface area (Å²) in [5.41, 5.74) is 1.25. The number of fused-ring (bicyclic) bond motifs is 1. The van der Waals surface area contributed by atoms with E-state index in [-0.39, 0.29) is 29.7 Å². The topological polar surface area (TPSA) is 126 Å². The van der Waals surface area contributed by atoms with Crippen LogP contribution < -0.4 is 23.7 Å². The Balaban J connectivity index is 1.47. The highest BCUT2D eigenvalue weighted by atomic mass is 32.2. The van der Waals surface area contributed by atoms with Gasteiger partial charge in [-0.1, -0.05) is 12.1 Å². The maximum atomic E-state index is 12.7. The zero-order valence-corrected chi connectivity index (χ0v) is 19.6. The maximum Gasteiger partial charge on any atom is 0.244 e. The van der Waals surface area contributed by atoms with Crippen LogP contribution in [0.4, 0.5) is 0 Å². The summed E-state index contributed by atoms with van der Waals surface area (Å²) in [6, 6.07) is 15.3. The Morgan fingerprint density at radius 2 is 1.71 bits per heavy atom. The third kappa shape index (κ3) is 4.72. The van der Waals surface area contributed by atoms with Gasteiger partial charge in [0.15, 0.2) is 11.5 Å². The Morgan fingerprint density at radius 1 is 0.912 bits per heavy atom. The average molecular weight is 486 g/mol. The van der Waals surface area contributed by atoms with E-state index in [1.54, 1.807) is 29.8 Å². The molecule has 0 radical (unpaired) electrons. The van der Waals surface area contributed by atoms with Crippen molar-refractivity contribution in [1.29, 1.82) is 0 Å². The van der Waals surface area contributed by atoms with E-state index in [1.165, 1.54) is 26.4 Å². The van der Waals surface area contributed by atoms with Gasteiger partial charge in [0.25, 0.3) is 0 Å². The first kappa shape index (κ1) is 23.3. The van der Waals surface area contributed by atoms with E-state index >= 15 is 0 Å². The van der Waals surface area contributed by atoms with Crippen molar-refractivity contribution in [1.82, 2.24) is 24.5 Å². The molecule has 2 aromatic heterocycles. The minimum atomic E-state index is -3.86. The highest BCUT2D eigenvalue weighted by Crippen LogP contribution is 2.29. The maximum absolute atomic E-state index is 12.7. The first-order chi connectivity index (χ1) is 16.5. The molecule has 2 heterocycles. The predicted octanol–water partition coefficient (Wildman–Crippen LogP) is 2.17. The van der Waals surface area contributed by atoms with Gasteiger partial charge in [0.05, 0.1) is 26.9 Å². The van der Waals surface area contributed by atoms with Crippen molar-refractivity contribution in [2.45, 2.75) is 4.90 Å². The molecule has 0 saturated carbocycles. The van der Waals surface area contributed by atoms with Crippen molar-refractivity contribution in [2.24, 2.45) is 0 Å². The van der Waals surface area contributed by atoms with Crippen molar-refractivity contribution in [3.8, 4) is 34.5 Å². The summed E-state index contributed by atoms with van der Waals surface area (Å²) in [7, 11) is 0.570. The Morgan fingerprint density at radius 3 is 2.47 bits per heavy atom. The lowest BCUT2D eigenvalue weighted by Gasteiger charge is -2.12. The molecule has 0 bridgehead atoms.